The van der Waals surface area contributed by atoms with Gasteiger partial charge in [0.25, 0.3) is 0 Å². The lowest BCUT2D eigenvalue weighted by Crippen LogP contribution is -2.22. The summed E-state index contributed by atoms with van der Waals surface area (Å²) in [5, 5.41) is 0. The first kappa shape index (κ1) is 13.6. The molecular formula is C14H23O2PS2. The molecule has 0 aromatic rings. The van der Waals surface area contributed by atoms with E-state index in [1.165, 1.54) is 51.4 Å². The second kappa shape index (κ2) is 4.98. The monoisotopic (exact) mass is 318 g/mol. The van der Waals surface area contributed by atoms with E-state index in [1.807, 2.05) is 0 Å². The van der Waals surface area contributed by atoms with Crippen LogP contribution in [0.3, 0.4) is 0 Å². The summed E-state index contributed by atoms with van der Waals surface area (Å²) in [4.78, 5) is 0. The van der Waals surface area contributed by atoms with Crippen molar-refractivity contribution in [3.63, 3.8) is 0 Å². The van der Waals surface area contributed by atoms with E-state index in [0.29, 0.717) is 12.2 Å². The first-order valence-electron chi connectivity index (χ1n) is 7.78. The Hall–Kier alpha value is 0.920. The SMILES string of the molecule is S=P(S)(OC1CC2CCC1C2)OC1CC2CCC1C2. The van der Waals surface area contributed by atoms with E-state index in [-0.39, 0.29) is 0 Å². The molecule has 0 heterocycles. The Labute approximate surface area is 126 Å². The van der Waals surface area contributed by atoms with Crippen LogP contribution in [0.1, 0.15) is 51.4 Å². The van der Waals surface area contributed by atoms with Crippen LogP contribution < -0.4 is 0 Å². The van der Waals surface area contributed by atoms with E-state index in [9.17, 15) is 0 Å². The van der Waals surface area contributed by atoms with E-state index in [1.54, 1.807) is 0 Å². The second-order valence-electron chi connectivity index (χ2n) is 7.11. The number of hydrogen-bond donors (Lipinski definition) is 1. The zero-order valence-electron chi connectivity index (χ0n) is 11.2. The molecule has 5 heteroatoms. The van der Waals surface area contributed by atoms with E-state index in [2.05, 4.69) is 12.2 Å². The lowest BCUT2D eigenvalue weighted by atomic mass is 9.98. The molecule has 4 bridgehead atoms. The lowest BCUT2D eigenvalue weighted by molar-refractivity contribution is 0.0937. The number of thiol groups is 1. The van der Waals surface area contributed by atoms with Crippen LogP contribution in [0, 0.1) is 23.7 Å². The summed E-state index contributed by atoms with van der Waals surface area (Å²) >= 11 is 10.2. The molecule has 0 aromatic heterocycles. The summed E-state index contributed by atoms with van der Waals surface area (Å²) in [7, 11) is 0. The van der Waals surface area contributed by atoms with Crippen molar-refractivity contribution in [3.05, 3.63) is 0 Å². The van der Waals surface area contributed by atoms with Crippen molar-refractivity contribution >= 4 is 29.7 Å². The summed E-state index contributed by atoms with van der Waals surface area (Å²) in [6.07, 6.45) is 11.2. The average Bonchev–Trinajstić information content (AvgIpc) is 3.06. The summed E-state index contributed by atoms with van der Waals surface area (Å²) in [5.74, 6) is 3.26. The van der Waals surface area contributed by atoms with Gasteiger partial charge in [-0.05, 0) is 86.8 Å². The molecule has 19 heavy (non-hydrogen) atoms. The van der Waals surface area contributed by atoms with Gasteiger partial charge in [-0.2, -0.15) is 0 Å². The van der Waals surface area contributed by atoms with E-state index < -0.39 is 5.69 Å². The third kappa shape index (κ3) is 2.68. The molecule has 0 aliphatic heterocycles. The van der Waals surface area contributed by atoms with Gasteiger partial charge in [0.15, 0.2) is 0 Å². The second-order valence-corrected chi connectivity index (χ2v) is 12.3. The van der Waals surface area contributed by atoms with Gasteiger partial charge < -0.3 is 9.05 Å². The quantitative estimate of drug-likeness (QED) is 0.606. The van der Waals surface area contributed by atoms with Crippen LogP contribution in [0.25, 0.3) is 0 Å². The molecule has 0 N–H and O–H groups in total. The Morgan fingerprint density at radius 3 is 1.58 bits per heavy atom. The van der Waals surface area contributed by atoms with Gasteiger partial charge in [0.1, 0.15) is 0 Å². The zero-order valence-corrected chi connectivity index (χ0v) is 13.8. The van der Waals surface area contributed by atoms with Crippen LogP contribution >= 0.6 is 17.9 Å². The minimum absolute atomic E-state index is 0.348. The molecule has 0 radical (unpaired) electrons. The third-order valence-electron chi connectivity index (χ3n) is 5.88. The Morgan fingerprint density at radius 1 is 0.789 bits per heavy atom. The van der Waals surface area contributed by atoms with Gasteiger partial charge >= 0.3 is 0 Å². The predicted molar refractivity (Wildman–Crippen MR) is 83.9 cm³/mol. The number of hydrogen-bond acceptors (Lipinski definition) is 3. The molecule has 6 unspecified atom stereocenters. The Bertz CT molecular complexity index is 382. The molecule has 4 saturated carbocycles. The lowest BCUT2D eigenvalue weighted by Gasteiger charge is -2.31. The van der Waals surface area contributed by atoms with Gasteiger partial charge in [0, 0.05) is 0 Å². The minimum Gasteiger partial charge on any atom is -0.318 e. The van der Waals surface area contributed by atoms with Crippen molar-refractivity contribution in [2.75, 3.05) is 0 Å². The van der Waals surface area contributed by atoms with Crippen molar-refractivity contribution in [2.24, 2.45) is 23.7 Å². The normalized spacial score (nSPS) is 50.8. The molecule has 0 aromatic carbocycles. The minimum atomic E-state index is -2.32. The highest BCUT2D eigenvalue weighted by Gasteiger charge is 2.45. The molecule has 0 spiro atoms. The van der Waals surface area contributed by atoms with Crippen LogP contribution in [0.5, 0.6) is 0 Å². The summed E-state index contributed by atoms with van der Waals surface area (Å²) < 4.78 is 12.3. The molecule has 0 saturated heterocycles. The Kier molecular flexibility index (Phi) is 3.56. The number of rotatable bonds is 4. The predicted octanol–water partition coefficient (Wildman–Crippen LogP) is 4.55. The molecule has 4 rings (SSSR count). The van der Waals surface area contributed by atoms with E-state index in [4.69, 9.17) is 20.9 Å². The average molecular weight is 318 g/mol. The van der Waals surface area contributed by atoms with Crippen molar-refractivity contribution in [3.8, 4) is 0 Å². The van der Waals surface area contributed by atoms with Gasteiger partial charge in [-0.1, -0.05) is 12.2 Å². The van der Waals surface area contributed by atoms with Crippen molar-refractivity contribution in [2.45, 2.75) is 63.6 Å². The Morgan fingerprint density at radius 2 is 1.26 bits per heavy atom. The maximum absolute atomic E-state index is 6.17. The summed E-state index contributed by atoms with van der Waals surface area (Å²) in [5.41, 5.74) is -2.32. The van der Waals surface area contributed by atoms with Crippen LogP contribution in [0.15, 0.2) is 0 Å². The Balaban J connectivity index is 1.36. The summed E-state index contributed by atoms with van der Waals surface area (Å²) in [6, 6.07) is 0. The van der Waals surface area contributed by atoms with Gasteiger partial charge in [-0.3, -0.25) is 0 Å². The van der Waals surface area contributed by atoms with Gasteiger partial charge in [0.05, 0.1) is 12.2 Å². The standard InChI is InChI=1S/C14H23O2PS2/c18-17(19,15-13-7-9-1-3-11(13)5-9)16-14-8-10-2-4-12(14)6-10/h9-14H,1-8H2,(H,18,19). The molecule has 2 nitrogen and oxygen atoms in total. The third-order valence-corrected chi connectivity index (χ3v) is 8.04. The maximum atomic E-state index is 6.17. The van der Waals surface area contributed by atoms with Gasteiger partial charge in [-0.25, -0.2) is 0 Å². The first-order chi connectivity index (χ1) is 9.09. The first-order valence-corrected chi connectivity index (χ1v) is 11.6. The number of fused-ring (bicyclic) bond motifs is 4. The van der Waals surface area contributed by atoms with Crippen LogP contribution in [0.2, 0.25) is 0 Å². The van der Waals surface area contributed by atoms with Crippen molar-refractivity contribution < 1.29 is 9.05 Å². The van der Waals surface area contributed by atoms with Crippen LogP contribution in [-0.2, 0) is 20.9 Å². The molecule has 0 amide bonds. The molecule has 4 fully saturated rings. The highest BCUT2D eigenvalue weighted by atomic mass is 32.9. The van der Waals surface area contributed by atoms with Gasteiger partial charge in [0.2, 0.25) is 5.69 Å². The van der Waals surface area contributed by atoms with Crippen LogP contribution in [0.4, 0.5) is 0 Å². The molecule has 4 aliphatic carbocycles. The van der Waals surface area contributed by atoms with Crippen molar-refractivity contribution in [1.29, 1.82) is 0 Å². The molecular weight excluding hydrogens is 295 g/mol. The highest BCUT2D eigenvalue weighted by molar-refractivity contribution is 8.60. The maximum Gasteiger partial charge on any atom is 0.244 e. The summed E-state index contributed by atoms with van der Waals surface area (Å²) in [6.45, 7) is 0. The van der Waals surface area contributed by atoms with Crippen molar-refractivity contribution in [1.82, 2.24) is 0 Å². The van der Waals surface area contributed by atoms with E-state index in [0.717, 1.165) is 23.7 Å². The highest BCUT2D eigenvalue weighted by Crippen LogP contribution is 2.62. The molecule has 6 atom stereocenters. The molecule has 4 aliphatic rings. The zero-order chi connectivity index (χ0) is 13.0. The van der Waals surface area contributed by atoms with Gasteiger partial charge in [-0.15, -0.1) is 0 Å². The smallest absolute Gasteiger partial charge is 0.244 e. The fourth-order valence-corrected chi connectivity index (χ4v) is 7.64. The van der Waals surface area contributed by atoms with Crippen LogP contribution in [-0.4, -0.2) is 12.2 Å². The largest absolute Gasteiger partial charge is 0.318 e. The van der Waals surface area contributed by atoms with E-state index >= 15 is 0 Å². The fraction of sp³-hybridized carbons (Fsp3) is 1.00. The fourth-order valence-electron chi connectivity index (χ4n) is 5.00. The molecule has 108 valence electrons. The topological polar surface area (TPSA) is 18.5 Å².